The van der Waals surface area contributed by atoms with Crippen molar-refractivity contribution in [3.63, 3.8) is 0 Å². The Hall–Kier alpha value is -1.05. The third-order valence-electron chi connectivity index (χ3n) is 3.58. The molecule has 20 heavy (non-hydrogen) atoms. The van der Waals surface area contributed by atoms with Gasteiger partial charge in [-0.1, -0.05) is 12.8 Å². The molecule has 1 aliphatic heterocycles. The molecule has 0 bridgehead atoms. The number of hydrogen-bond acceptors (Lipinski definition) is 3. The summed E-state index contributed by atoms with van der Waals surface area (Å²) in [5, 5.41) is 0. The quantitative estimate of drug-likeness (QED) is 0.927. The van der Waals surface area contributed by atoms with E-state index < -0.39 is 26.6 Å². The van der Waals surface area contributed by atoms with Crippen molar-refractivity contribution < 1.29 is 17.2 Å². The zero-order valence-corrected chi connectivity index (χ0v) is 11.9. The van der Waals surface area contributed by atoms with Crippen molar-refractivity contribution in [3.05, 3.63) is 29.8 Å². The zero-order valence-electron chi connectivity index (χ0n) is 11.1. The summed E-state index contributed by atoms with van der Waals surface area (Å²) in [7, 11) is -3.98. The molecule has 0 saturated carbocycles. The van der Waals surface area contributed by atoms with Crippen molar-refractivity contribution >= 4 is 10.0 Å². The number of nitrogens with zero attached hydrogens (tertiary/aromatic N) is 1. The van der Waals surface area contributed by atoms with E-state index in [4.69, 9.17) is 5.73 Å². The third-order valence-corrected chi connectivity index (χ3v) is 5.56. The molecule has 2 rings (SSSR count). The van der Waals surface area contributed by atoms with E-state index in [9.17, 15) is 17.2 Å². The lowest BCUT2D eigenvalue weighted by Gasteiger charge is -2.28. The fourth-order valence-corrected chi connectivity index (χ4v) is 4.26. The van der Waals surface area contributed by atoms with Gasteiger partial charge in [-0.25, -0.2) is 17.2 Å². The summed E-state index contributed by atoms with van der Waals surface area (Å²) in [6.45, 7) is 0.517. The second-order valence-corrected chi connectivity index (χ2v) is 6.79. The fourth-order valence-electron chi connectivity index (χ4n) is 2.51. The van der Waals surface area contributed by atoms with E-state index in [2.05, 4.69) is 0 Å². The summed E-state index contributed by atoms with van der Waals surface area (Å²) in [5.41, 5.74) is 5.64. The van der Waals surface area contributed by atoms with Crippen LogP contribution in [0.3, 0.4) is 0 Å². The van der Waals surface area contributed by atoms with Crippen LogP contribution in [0.1, 0.15) is 25.7 Å². The SMILES string of the molecule is NCC1CCCCCN1S(=O)(=O)c1ccc(F)cc1F. The van der Waals surface area contributed by atoms with Crippen molar-refractivity contribution in [1.82, 2.24) is 4.31 Å². The molecule has 1 aliphatic rings. The highest BCUT2D eigenvalue weighted by atomic mass is 32.2. The summed E-state index contributed by atoms with van der Waals surface area (Å²) < 4.78 is 53.0. The van der Waals surface area contributed by atoms with Gasteiger partial charge < -0.3 is 5.73 Å². The van der Waals surface area contributed by atoms with Crippen LogP contribution < -0.4 is 5.73 Å². The predicted molar refractivity (Wildman–Crippen MR) is 71.6 cm³/mol. The molecule has 0 aromatic heterocycles. The van der Waals surface area contributed by atoms with Gasteiger partial charge in [0.15, 0.2) is 0 Å². The molecule has 1 fully saturated rings. The Labute approximate surface area is 117 Å². The highest BCUT2D eigenvalue weighted by Gasteiger charge is 2.33. The Morgan fingerprint density at radius 2 is 2.00 bits per heavy atom. The van der Waals surface area contributed by atoms with E-state index in [0.717, 1.165) is 31.4 Å². The smallest absolute Gasteiger partial charge is 0.246 e. The Kier molecular flexibility index (Phi) is 4.72. The molecule has 1 aromatic carbocycles. The molecule has 112 valence electrons. The van der Waals surface area contributed by atoms with Gasteiger partial charge in [0.25, 0.3) is 0 Å². The number of halogens is 2. The number of sulfonamides is 1. The average molecular weight is 304 g/mol. The van der Waals surface area contributed by atoms with E-state index in [0.29, 0.717) is 19.0 Å². The first-order valence-electron chi connectivity index (χ1n) is 6.64. The minimum atomic E-state index is -3.98. The van der Waals surface area contributed by atoms with Crippen molar-refractivity contribution in [1.29, 1.82) is 0 Å². The first-order chi connectivity index (χ1) is 9.46. The van der Waals surface area contributed by atoms with Gasteiger partial charge in [0.1, 0.15) is 16.5 Å². The topological polar surface area (TPSA) is 63.4 Å². The van der Waals surface area contributed by atoms with Crippen LogP contribution in [0.5, 0.6) is 0 Å². The Balaban J connectivity index is 2.41. The molecule has 1 heterocycles. The Morgan fingerprint density at radius 3 is 2.65 bits per heavy atom. The van der Waals surface area contributed by atoms with Gasteiger partial charge in [-0.3, -0.25) is 0 Å². The van der Waals surface area contributed by atoms with Crippen LogP contribution in [0.2, 0.25) is 0 Å². The average Bonchev–Trinajstić information content (AvgIpc) is 2.63. The van der Waals surface area contributed by atoms with Gasteiger partial charge in [-0.2, -0.15) is 4.31 Å². The van der Waals surface area contributed by atoms with Gasteiger partial charge in [-0.05, 0) is 25.0 Å². The number of rotatable bonds is 3. The Morgan fingerprint density at radius 1 is 1.25 bits per heavy atom. The maximum absolute atomic E-state index is 13.8. The lowest BCUT2D eigenvalue weighted by atomic mass is 10.1. The molecule has 0 amide bonds. The molecule has 0 aliphatic carbocycles. The standard InChI is InChI=1S/C13H18F2N2O2S/c14-10-5-6-13(12(15)8-10)20(18,19)17-7-3-1-2-4-11(17)9-16/h5-6,8,11H,1-4,7,9,16H2. The molecule has 7 heteroatoms. The highest BCUT2D eigenvalue weighted by Crippen LogP contribution is 2.26. The van der Waals surface area contributed by atoms with Gasteiger partial charge in [0.05, 0.1) is 0 Å². The molecule has 1 atom stereocenters. The summed E-state index contributed by atoms with van der Waals surface area (Å²) in [6.07, 6.45) is 3.21. The van der Waals surface area contributed by atoms with Crippen molar-refractivity contribution in [3.8, 4) is 0 Å². The highest BCUT2D eigenvalue weighted by molar-refractivity contribution is 7.89. The van der Waals surface area contributed by atoms with Gasteiger partial charge >= 0.3 is 0 Å². The van der Waals surface area contributed by atoms with E-state index in [1.165, 1.54) is 4.31 Å². The maximum Gasteiger partial charge on any atom is 0.246 e. The molecule has 1 aromatic rings. The van der Waals surface area contributed by atoms with E-state index in [1.54, 1.807) is 0 Å². The van der Waals surface area contributed by atoms with Crippen LogP contribution in [0.15, 0.2) is 23.1 Å². The molecule has 1 saturated heterocycles. The molecule has 0 spiro atoms. The van der Waals surface area contributed by atoms with Gasteiger partial charge in [0.2, 0.25) is 10.0 Å². The first kappa shape index (κ1) is 15.3. The summed E-state index contributed by atoms with van der Waals surface area (Å²) >= 11 is 0. The lowest BCUT2D eigenvalue weighted by Crippen LogP contribution is -2.44. The number of hydrogen-bond donors (Lipinski definition) is 1. The Bertz CT molecular complexity index is 578. The minimum Gasteiger partial charge on any atom is -0.329 e. The fraction of sp³-hybridized carbons (Fsp3) is 0.538. The summed E-state index contributed by atoms with van der Waals surface area (Å²) in [5.74, 6) is -1.86. The summed E-state index contributed by atoms with van der Waals surface area (Å²) in [6, 6.07) is 2.18. The van der Waals surface area contributed by atoms with Crippen molar-refractivity contribution in [2.24, 2.45) is 5.73 Å². The monoisotopic (exact) mass is 304 g/mol. The van der Waals surface area contributed by atoms with Crippen LogP contribution in [-0.4, -0.2) is 31.9 Å². The van der Waals surface area contributed by atoms with Crippen LogP contribution in [0.4, 0.5) is 8.78 Å². The lowest BCUT2D eigenvalue weighted by molar-refractivity contribution is 0.326. The van der Waals surface area contributed by atoms with E-state index >= 15 is 0 Å². The predicted octanol–water partition coefficient (Wildman–Crippen LogP) is 1.86. The first-order valence-corrected chi connectivity index (χ1v) is 8.08. The van der Waals surface area contributed by atoms with Crippen molar-refractivity contribution in [2.45, 2.75) is 36.6 Å². The van der Waals surface area contributed by atoms with Gasteiger partial charge in [-0.15, -0.1) is 0 Å². The second-order valence-electron chi connectivity index (χ2n) is 4.93. The normalized spacial score (nSPS) is 21.6. The molecule has 2 N–H and O–H groups in total. The van der Waals surface area contributed by atoms with Gasteiger partial charge in [0, 0.05) is 25.2 Å². The summed E-state index contributed by atoms with van der Waals surface area (Å²) in [4.78, 5) is -0.487. The number of benzene rings is 1. The zero-order chi connectivity index (χ0) is 14.8. The second kappa shape index (κ2) is 6.15. The molecular weight excluding hydrogens is 286 g/mol. The molecular formula is C13H18F2N2O2S. The largest absolute Gasteiger partial charge is 0.329 e. The van der Waals surface area contributed by atoms with E-state index in [-0.39, 0.29) is 12.6 Å². The van der Waals surface area contributed by atoms with Crippen LogP contribution in [-0.2, 0) is 10.0 Å². The van der Waals surface area contributed by atoms with Crippen LogP contribution >= 0.6 is 0 Å². The minimum absolute atomic E-state index is 0.196. The maximum atomic E-state index is 13.8. The van der Waals surface area contributed by atoms with Crippen molar-refractivity contribution in [2.75, 3.05) is 13.1 Å². The van der Waals surface area contributed by atoms with E-state index in [1.807, 2.05) is 0 Å². The molecule has 1 unspecified atom stereocenters. The molecule has 0 radical (unpaired) electrons. The van der Waals surface area contributed by atoms with Crippen LogP contribution in [0.25, 0.3) is 0 Å². The number of nitrogens with two attached hydrogens (primary N) is 1. The van der Waals surface area contributed by atoms with Crippen LogP contribution in [0, 0.1) is 11.6 Å². The third kappa shape index (κ3) is 2.99. The molecule has 4 nitrogen and oxygen atoms in total.